The van der Waals surface area contributed by atoms with Gasteiger partial charge in [-0.3, -0.25) is 9.59 Å². The van der Waals surface area contributed by atoms with Gasteiger partial charge in [-0.25, -0.2) is 0 Å². The average molecular weight is 340 g/mol. The molecule has 132 valence electrons. The van der Waals surface area contributed by atoms with Crippen LogP contribution in [0.1, 0.15) is 16.7 Å². The highest BCUT2D eigenvalue weighted by molar-refractivity contribution is 5.95. The highest BCUT2D eigenvalue weighted by Gasteiger charge is 2.15. The van der Waals surface area contributed by atoms with Crippen LogP contribution in [0.3, 0.4) is 0 Å². The van der Waals surface area contributed by atoms with Crippen LogP contribution >= 0.6 is 0 Å². The molecule has 0 fully saturated rings. The Labute approximate surface area is 148 Å². The van der Waals surface area contributed by atoms with Crippen LogP contribution in [-0.4, -0.2) is 36.9 Å². The molecule has 0 unspecified atom stereocenters. The molecule has 0 saturated carbocycles. The molecule has 25 heavy (non-hydrogen) atoms. The number of benzene rings is 2. The molecule has 0 aliphatic heterocycles. The lowest BCUT2D eigenvalue weighted by atomic mass is 10.1. The van der Waals surface area contributed by atoms with Crippen LogP contribution in [0.5, 0.6) is 5.75 Å². The molecule has 1 N–H and O–H groups in total. The van der Waals surface area contributed by atoms with E-state index in [-0.39, 0.29) is 25.0 Å². The highest BCUT2D eigenvalue weighted by Crippen LogP contribution is 2.19. The Morgan fingerprint density at radius 1 is 0.960 bits per heavy atom. The van der Waals surface area contributed by atoms with Crippen LogP contribution in [0, 0.1) is 20.8 Å². The lowest BCUT2D eigenvalue weighted by Gasteiger charge is -2.18. The van der Waals surface area contributed by atoms with Crippen LogP contribution in [0.4, 0.5) is 5.69 Å². The van der Waals surface area contributed by atoms with Crippen LogP contribution in [0.15, 0.2) is 42.5 Å². The van der Waals surface area contributed by atoms with Crippen LogP contribution in [-0.2, 0) is 9.59 Å². The monoisotopic (exact) mass is 340 g/mol. The molecule has 0 saturated heterocycles. The first kappa shape index (κ1) is 18.5. The molecule has 0 atom stereocenters. The Balaban J connectivity index is 1.88. The molecular weight excluding hydrogens is 316 g/mol. The van der Waals surface area contributed by atoms with Crippen molar-refractivity contribution in [3.63, 3.8) is 0 Å². The first-order valence-corrected chi connectivity index (χ1v) is 8.17. The third-order valence-corrected chi connectivity index (χ3v) is 4.00. The maximum atomic E-state index is 12.2. The molecule has 0 spiro atoms. The molecule has 0 bridgehead atoms. The Hall–Kier alpha value is -2.82. The van der Waals surface area contributed by atoms with E-state index in [4.69, 9.17) is 4.74 Å². The number of nitrogens with zero attached hydrogens (tertiary/aromatic N) is 1. The summed E-state index contributed by atoms with van der Waals surface area (Å²) in [6.07, 6.45) is 0. The van der Waals surface area contributed by atoms with Crippen molar-refractivity contribution >= 4 is 17.5 Å². The fraction of sp³-hybridized carbons (Fsp3) is 0.300. The van der Waals surface area contributed by atoms with Crippen molar-refractivity contribution in [3.05, 3.63) is 59.2 Å². The summed E-state index contributed by atoms with van der Waals surface area (Å²) in [6.45, 7) is 5.67. The third-order valence-electron chi connectivity index (χ3n) is 4.00. The Morgan fingerprint density at radius 3 is 2.20 bits per heavy atom. The fourth-order valence-electron chi connectivity index (χ4n) is 2.46. The number of ether oxygens (including phenoxy) is 1. The predicted molar refractivity (Wildman–Crippen MR) is 98.9 cm³/mol. The fourth-order valence-corrected chi connectivity index (χ4v) is 2.46. The van der Waals surface area contributed by atoms with Gasteiger partial charge in [0.25, 0.3) is 5.91 Å². The summed E-state index contributed by atoms with van der Waals surface area (Å²) in [6, 6.07) is 13.3. The number of hydrogen-bond acceptors (Lipinski definition) is 3. The zero-order valence-electron chi connectivity index (χ0n) is 15.1. The van der Waals surface area contributed by atoms with Gasteiger partial charge in [-0.15, -0.1) is 0 Å². The molecule has 2 aromatic rings. The van der Waals surface area contributed by atoms with E-state index in [0.29, 0.717) is 5.75 Å². The second kappa shape index (κ2) is 8.33. The third kappa shape index (κ3) is 5.08. The zero-order valence-corrected chi connectivity index (χ0v) is 15.1. The molecule has 5 nitrogen and oxygen atoms in total. The SMILES string of the molecule is Cc1ccccc1OCC(=O)N(C)CC(=O)Nc1c(C)cccc1C. The van der Waals surface area contributed by atoms with E-state index in [1.807, 2.05) is 63.2 Å². The summed E-state index contributed by atoms with van der Waals surface area (Å²) in [5, 5.41) is 2.87. The maximum Gasteiger partial charge on any atom is 0.260 e. The number of likely N-dealkylation sites (N-methyl/N-ethyl adjacent to an activating group) is 1. The quantitative estimate of drug-likeness (QED) is 0.879. The smallest absolute Gasteiger partial charge is 0.260 e. The van der Waals surface area contributed by atoms with Crippen molar-refractivity contribution in [2.45, 2.75) is 20.8 Å². The van der Waals surface area contributed by atoms with Crippen molar-refractivity contribution in [2.75, 3.05) is 25.5 Å². The summed E-state index contributed by atoms with van der Waals surface area (Å²) in [4.78, 5) is 25.7. The van der Waals surface area contributed by atoms with Gasteiger partial charge >= 0.3 is 0 Å². The van der Waals surface area contributed by atoms with Crippen molar-refractivity contribution in [1.29, 1.82) is 0 Å². The van der Waals surface area contributed by atoms with E-state index in [1.165, 1.54) is 4.90 Å². The van der Waals surface area contributed by atoms with Crippen LogP contribution in [0.25, 0.3) is 0 Å². The summed E-state index contributed by atoms with van der Waals surface area (Å²) in [7, 11) is 1.59. The van der Waals surface area contributed by atoms with Crippen LogP contribution in [0.2, 0.25) is 0 Å². The maximum absolute atomic E-state index is 12.2. The lowest BCUT2D eigenvalue weighted by Crippen LogP contribution is -2.37. The molecular formula is C20H24N2O3. The number of anilines is 1. The zero-order chi connectivity index (χ0) is 18.4. The number of para-hydroxylation sites is 2. The highest BCUT2D eigenvalue weighted by atomic mass is 16.5. The molecule has 2 amide bonds. The van der Waals surface area contributed by atoms with Gasteiger partial charge in [0.05, 0.1) is 6.54 Å². The standard InChI is InChI=1S/C20H24N2O3/c1-14-8-5-6-11-17(14)25-13-19(24)22(4)12-18(23)21-20-15(2)9-7-10-16(20)3/h5-11H,12-13H2,1-4H3,(H,21,23). The molecule has 0 aliphatic rings. The van der Waals surface area contributed by atoms with Gasteiger partial charge < -0.3 is 15.0 Å². The average Bonchev–Trinajstić information content (AvgIpc) is 2.57. The van der Waals surface area contributed by atoms with Gasteiger partial charge in [-0.1, -0.05) is 36.4 Å². The second-order valence-corrected chi connectivity index (χ2v) is 6.12. The molecule has 0 heterocycles. The Bertz CT molecular complexity index is 751. The van der Waals surface area contributed by atoms with Gasteiger partial charge in [0.1, 0.15) is 5.75 Å². The van der Waals surface area contributed by atoms with E-state index < -0.39 is 0 Å². The van der Waals surface area contributed by atoms with E-state index in [1.54, 1.807) is 7.05 Å². The van der Waals surface area contributed by atoms with Crippen LogP contribution < -0.4 is 10.1 Å². The normalized spacial score (nSPS) is 10.2. The molecule has 0 aliphatic carbocycles. The topological polar surface area (TPSA) is 58.6 Å². The van der Waals surface area contributed by atoms with E-state index in [0.717, 1.165) is 22.4 Å². The Kier molecular flexibility index (Phi) is 6.17. The largest absolute Gasteiger partial charge is 0.484 e. The van der Waals surface area contributed by atoms with E-state index >= 15 is 0 Å². The molecule has 2 rings (SSSR count). The minimum Gasteiger partial charge on any atom is -0.484 e. The first-order valence-electron chi connectivity index (χ1n) is 8.17. The molecule has 2 aromatic carbocycles. The van der Waals surface area contributed by atoms with Gasteiger partial charge in [0.2, 0.25) is 5.91 Å². The van der Waals surface area contributed by atoms with Gasteiger partial charge in [-0.2, -0.15) is 0 Å². The predicted octanol–water partition coefficient (Wildman–Crippen LogP) is 3.09. The van der Waals surface area contributed by atoms with Crippen molar-refractivity contribution in [3.8, 4) is 5.75 Å². The van der Waals surface area contributed by atoms with Crippen molar-refractivity contribution < 1.29 is 14.3 Å². The van der Waals surface area contributed by atoms with Gasteiger partial charge in [-0.05, 0) is 43.5 Å². The summed E-state index contributed by atoms with van der Waals surface area (Å²) >= 11 is 0. The molecule has 0 aromatic heterocycles. The minimum atomic E-state index is -0.250. The number of hydrogen-bond donors (Lipinski definition) is 1. The van der Waals surface area contributed by atoms with Gasteiger partial charge in [0, 0.05) is 12.7 Å². The number of carbonyl (C=O) groups excluding carboxylic acids is 2. The second-order valence-electron chi connectivity index (χ2n) is 6.12. The molecule has 5 heteroatoms. The van der Waals surface area contributed by atoms with Gasteiger partial charge in [0.15, 0.2) is 6.61 Å². The summed E-state index contributed by atoms with van der Waals surface area (Å²) in [5.74, 6) is 0.188. The number of nitrogens with one attached hydrogen (secondary N) is 1. The first-order chi connectivity index (χ1) is 11.9. The summed E-state index contributed by atoms with van der Waals surface area (Å²) < 4.78 is 5.53. The number of rotatable bonds is 6. The van der Waals surface area contributed by atoms with Crippen molar-refractivity contribution in [1.82, 2.24) is 4.90 Å². The number of amides is 2. The van der Waals surface area contributed by atoms with Crippen molar-refractivity contribution in [2.24, 2.45) is 0 Å². The Morgan fingerprint density at radius 2 is 1.56 bits per heavy atom. The minimum absolute atomic E-state index is 0.0241. The van der Waals surface area contributed by atoms with E-state index in [9.17, 15) is 9.59 Å². The summed E-state index contributed by atoms with van der Waals surface area (Å²) in [5.41, 5.74) is 3.74. The van der Waals surface area contributed by atoms with E-state index in [2.05, 4.69) is 5.32 Å². The lowest BCUT2D eigenvalue weighted by molar-refractivity contribution is -0.135. The molecule has 0 radical (unpaired) electrons. The number of aryl methyl sites for hydroxylation is 3. The number of carbonyl (C=O) groups is 2.